The van der Waals surface area contributed by atoms with Gasteiger partial charge < -0.3 is 10.6 Å². The number of amides is 2. The first-order valence-electron chi connectivity index (χ1n) is 11.1. The molecule has 1 aliphatic heterocycles. The molecular formula is C25H24ClN5O2S. The number of nitrogens with zero attached hydrogens (tertiary/aromatic N) is 3. The molecule has 1 fully saturated rings. The summed E-state index contributed by atoms with van der Waals surface area (Å²) >= 11 is 7.59. The summed E-state index contributed by atoms with van der Waals surface area (Å²) in [5.41, 5.74) is 4.18. The fourth-order valence-electron chi connectivity index (χ4n) is 4.49. The third kappa shape index (κ3) is 4.19. The van der Waals surface area contributed by atoms with E-state index in [9.17, 15) is 9.59 Å². The molecule has 2 aliphatic rings. The van der Waals surface area contributed by atoms with Crippen molar-refractivity contribution in [1.82, 2.24) is 15.2 Å². The second kappa shape index (κ2) is 9.19. The molecule has 2 aromatic carbocycles. The van der Waals surface area contributed by atoms with Gasteiger partial charge in [-0.3, -0.25) is 19.5 Å². The van der Waals surface area contributed by atoms with Crippen molar-refractivity contribution in [2.24, 2.45) is 4.99 Å². The molecule has 1 aromatic heterocycles. The quantitative estimate of drug-likeness (QED) is 0.542. The minimum atomic E-state index is -0.543. The van der Waals surface area contributed by atoms with Crippen molar-refractivity contribution in [2.45, 2.75) is 30.7 Å². The summed E-state index contributed by atoms with van der Waals surface area (Å²) in [5, 5.41) is 8.59. The average Bonchev–Trinajstić information content (AvgIpc) is 3.51. The summed E-state index contributed by atoms with van der Waals surface area (Å²) in [4.78, 5) is 36.0. The van der Waals surface area contributed by atoms with Crippen LogP contribution in [0.4, 0.5) is 5.69 Å². The number of carbonyl (C=O) groups is 2. The number of halogens is 1. The van der Waals surface area contributed by atoms with Crippen LogP contribution in [0, 0.1) is 0 Å². The van der Waals surface area contributed by atoms with Crippen LogP contribution >= 0.6 is 22.9 Å². The van der Waals surface area contributed by atoms with Crippen LogP contribution in [-0.2, 0) is 10.2 Å². The van der Waals surface area contributed by atoms with Gasteiger partial charge in [-0.25, -0.2) is 4.98 Å². The topological polar surface area (TPSA) is 86.7 Å². The number of aromatic nitrogens is 1. The summed E-state index contributed by atoms with van der Waals surface area (Å²) < 4.78 is 0. The van der Waals surface area contributed by atoms with Gasteiger partial charge in [0.05, 0.1) is 23.5 Å². The first kappa shape index (κ1) is 22.6. The summed E-state index contributed by atoms with van der Waals surface area (Å²) in [6, 6.07) is 15.2. The Morgan fingerprint density at radius 1 is 1.21 bits per heavy atom. The zero-order valence-electron chi connectivity index (χ0n) is 18.6. The number of anilines is 1. The van der Waals surface area contributed by atoms with E-state index in [0.29, 0.717) is 28.9 Å². The highest BCUT2D eigenvalue weighted by Gasteiger charge is 2.48. The number of rotatable bonds is 5. The highest BCUT2D eigenvalue weighted by molar-refractivity contribution is 7.07. The Hall–Kier alpha value is -3.23. The van der Waals surface area contributed by atoms with Crippen molar-refractivity contribution in [3.8, 4) is 0 Å². The van der Waals surface area contributed by atoms with E-state index < -0.39 is 5.41 Å². The lowest BCUT2D eigenvalue weighted by atomic mass is 9.63. The van der Waals surface area contributed by atoms with Gasteiger partial charge in [0.2, 0.25) is 11.9 Å². The van der Waals surface area contributed by atoms with Gasteiger partial charge in [-0.1, -0.05) is 42.3 Å². The van der Waals surface area contributed by atoms with Crippen LogP contribution in [0.5, 0.6) is 0 Å². The number of aliphatic imine (C=N–C) groups is 1. The van der Waals surface area contributed by atoms with Gasteiger partial charge >= 0.3 is 0 Å². The van der Waals surface area contributed by atoms with Crippen molar-refractivity contribution in [3.63, 3.8) is 0 Å². The summed E-state index contributed by atoms with van der Waals surface area (Å²) in [6.07, 6.45) is 2.63. The SMILES string of the molecule is CN(C(=O)C1(c2cccc(Cl)c2)CCC1)C1=NCC(c2ccc(NC(=O)c3cscn3)cc2)N1. The molecule has 3 aromatic rings. The van der Waals surface area contributed by atoms with Gasteiger partial charge in [0.25, 0.3) is 5.91 Å². The van der Waals surface area contributed by atoms with E-state index in [-0.39, 0.29) is 17.9 Å². The predicted octanol–water partition coefficient (Wildman–Crippen LogP) is 4.63. The van der Waals surface area contributed by atoms with E-state index in [1.807, 2.05) is 48.5 Å². The van der Waals surface area contributed by atoms with Crippen molar-refractivity contribution in [1.29, 1.82) is 0 Å². The molecule has 2 heterocycles. The highest BCUT2D eigenvalue weighted by Crippen LogP contribution is 2.45. The third-order valence-electron chi connectivity index (χ3n) is 6.58. The van der Waals surface area contributed by atoms with Crippen molar-refractivity contribution in [3.05, 3.63) is 81.3 Å². The number of nitrogens with one attached hydrogen (secondary N) is 2. The largest absolute Gasteiger partial charge is 0.347 e. The maximum absolute atomic E-state index is 13.6. The number of thiazole rings is 1. The van der Waals surface area contributed by atoms with E-state index in [0.717, 1.165) is 30.4 Å². The predicted molar refractivity (Wildman–Crippen MR) is 134 cm³/mol. The summed E-state index contributed by atoms with van der Waals surface area (Å²) in [5.74, 6) is 0.376. The Balaban J connectivity index is 1.24. The lowest BCUT2D eigenvalue weighted by Crippen LogP contribution is -2.53. The minimum absolute atomic E-state index is 0.0352. The average molecular weight is 494 g/mol. The molecule has 1 saturated carbocycles. The van der Waals surface area contributed by atoms with Gasteiger partial charge in [-0.15, -0.1) is 11.3 Å². The minimum Gasteiger partial charge on any atom is -0.347 e. The normalized spacial score (nSPS) is 18.4. The number of likely N-dealkylation sites (N-methyl/N-ethyl adjacent to an activating group) is 1. The zero-order valence-corrected chi connectivity index (χ0v) is 20.2. The molecule has 0 bridgehead atoms. The van der Waals surface area contributed by atoms with Gasteiger partial charge in [-0.2, -0.15) is 0 Å². The van der Waals surface area contributed by atoms with Gasteiger partial charge in [-0.05, 0) is 48.2 Å². The van der Waals surface area contributed by atoms with Crippen LogP contribution in [0.15, 0.2) is 64.4 Å². The van der Waals surface area contributed by atoms with E-state index in [2.05, 4.69) is 20.6 Å². The monoisotopic (exact) mass is 493 g/mol. The molecule has 1 atom stereocenters. The molecule has 0 spiro atoms. The molecule has 1 unspecified atom stereocenters. The Kier molecular flexibility index (Phi) is 6.10. The molecule has 5 rings (SSSR count). The zero-order chi connectivity index (χ0) is 23.7. The molecule has 2 N–H and O–H groups in total. The second-order valence-electron chi connectivity index (χ2n) is 8.62. The van der Waals surface area contributed by atoms with Crippen LogP contribution in [0.25, 0.3) is 0 Å². The molecule has 2 amide bonds. The van der Waals surface area contributed by atoms with Gasteiger partial charge in [0.15, 0.2) is 0 Å². The third-order valence-corrected chi connectivity index (χ3v) is 7.40. The van der Waals surface area contributed by atoms with Crippen molar-refractivity contribution in [2.75, 3.05) is 18.9 Å². The summed E-state index contributed by atoms with van der Waals surface area (Å²) in [6.45, 7) is 0.529. The molecule has 34 heavy (non-hydrogen) atoms. The van der Waals surface area contributed by atoms with Crippen LogP contribution in [0.3, 0.4) is 0 Å². The molecule has 0 saturated heterocycles. The van der Waals surface area contributed by atoms with Gasteiger partial charge in [0, 0.05) is 23.1 Å². The van der Waals surface area contributed by atoms with Gasteiger partial charge in [0.1, 0.15) is 5.69 Å². The molecule has 0 radical (unpaired) electrons. The number of hydrogen-bond acceptors (Lipinski definition) is 6. The van der Waals surface area contributed by atoms with E-state index in [1.165, 1.54) is 11.3 Å². The van der Waals surface area contributed by atoms with Crippen LogP contribution in [0.2, 0.25) is 5.02 Å². The van der Waals surface area contributed by atoms with E-state index >= 15 is 0 Å². The smallest absolute Gasteiger partial charge is 0.275 e. The molecular weight excluding hydrogens is 470 g/mol. The number of carbonyl (C=O) groups excluding carboxylic acids is 2. The van der Waals surface area contributed by atoms with E-state index in [1.54, 1.807) is 22.8 Å². The molecule has 1 aliphatic carbocycles. The fraction of sp³-hybridized carbons (Fsp3) is 0.280. The van der Waals surface area contributed by atoms with Crippen LogP contribution < -0.4 is 10.6 Å². The Labute approximate surface area is 206 Å². The maximum atomic E-state index is 13.6. The Morgan fingerprint density at radius 2 is 2.00 bits per heavy atom. The lowest BCUT2D eigenvalue weighted by molar-refractivity contribution is -0.135. The van der Waals surface area contributed by atoms with Crippen LogP contribution in [-0.4, -0.2) is 41.3 Å². The van der Waals surface area contributed by atoms with Crippen molar-refractivity contribution < 1.29 is 9.59 Å². The van der Waals surface area contributed by atoms with Crippen molar-refractivity contribution >= 4 is 46.4 Å². The molecule has 9 heteroatoms. The Morgan fingerprint density at radius 3 is 2.65 bits per heavy atom. The fourth-order valence-corrected chi connectivity index (χ4v) is 5.22. The molecule has 174 valence electrons. The van der Waals surface area contributed by atoms with E-state index in [4.69, 9.17) is 11.6 Å². The molecule has 7 nitrogen and oxygen atoms in total. The number of hydrogen-bond donors (Lipinski definition) is 2. The maximum Gasteiger partial charge on any atom is 0.275 e. The Bertz CT molecular complexity index is 1240. The first-order valence-corrected chi connectivity index (χ1v) is 12.4. The number of guanidine groups is 1. The first-order chi connectivity index (χ1) is 16.5. The summed E-state index contributed by atoms with van der Waals surface area (Å²) in [7, 11) is 1.78. The number of benzene rings is 2. The highest BCUT2D eigenvalue weighted by atomic mass is 35.5. The van der Waals surface area contributed by atoms with Crippen LogP contribution in [0.1, 0.15) is 46.9 Å². The second-order valence-corrected chi connectivity index (χ2v) is 9.78. The standard InChI is InChI=1S/C25H24ClN5O2S/c1-31(23(33)25(10-3-11-25)17-4-2-5-18(26)12-17)24-27-13-20(30-24)16-6-8-19(9-7-16)29-22(32)21-14-34-15-28-21/h2,4-9,12,14-15,20H,3,10-11,13H2,1H3,(H,27,30)(H,29,32). The lowest BCUT2D eigenvalue weighted by Gasteiger charge is -2.43.